The number of hydrogen-bond acceptors (Lipinski definition) is 4. The summed E-state index contributed by atoms with van der Waals surface area (Å²) in [6, 6.07) is 75.2. The third kappa shape index (κ3) is 6.81. The van der Waals surface area contributed by atoms with E-state index in [0.717, 1.165) is 79.3 Å². The monoisotopic (exact) mass is 855 g/mol. The van der Waals surface area contributed by atoms with Gasteiger partial charge in [-0.3, -0.25) is 0 Å². The van der Waals surface area contributed by atoms with E-state index in [4.69, 9.17) is 19.4 Å². The standard InChI is InChI=1S/C63H41N3O/c1-3-15-44(16-4-1)61-64-62(45-17-5-2-6-18-45)66-63(65-61)54-24-12-7-19-48(54)47-38-56(60-55-25-13-14-26-58(55)67-59(60)39-47)43-33-31-41(32-34-43)40-27-29-42(30-28-40)46-35-36-53-51-22-9-8-20-49(51)50-21-10-11-23-52(50)57(53)37-46/h1-7,9-19,21-39H,8,20H2. The van der Waals surface area contributed by atoms with Gasteiger partial charge >= 0.3 is 0 Å². The quantitative estimate of drug-likeness (QED) is 0.150. The molecular formula is C63H41N3O. The van der Waals surface area contributed by atoms with Gasteiger partial charge in [0.25, 0.3) is 0 Å². The first-order valence-corrected chi connectivity index (χ1v) is 23.0. The highest BCUT2D eigenvalue weighted by Crippen LogP contribution is 2.43. The van der Waals surface area contributed by atoms with Crippen LogP contribution in [0, 0.1) is 0 Å². The van der Waals surface area contributed by atoms with Gasteiger partial charge in [0.2, 0.25) is 0 Å². The van der Waals surface area contributed by atoms with E-state index in [9.17, 15) is 0 Å². The summed E-state index contributed by atoms with van der Waals surface area (Å²) in [5.41, 5.74) is 16.3. The molecule has 1 aliphatic rings. The van der Waals surface area contributed by atoms with Crippen LogP contribution in [-0.2, 0) is 6.42 Å². The van der Waals surface area contributed by atoms with Crippen LogP contribution in [0.5, 0.6) is 0 Å². The molecule has 12 aromatic rings. The van der Waals surface area contributed by atoms with Gasteiger partial charge in [0, 0.05) is 27.5 Å². The highest BCUT2D eigenvalue weighted by atomic mass is 16.3. The zero-order valence-electron chi connectivity index (χ0n) is 36.5. The van der Waals surface area contributed by atoms with Gasteiger partial charge in [0.05, 0.1) is 0 Å². The van der Waals surface area contributed by atoms with Crippen LogP contribution in [0.2, 0.25) is 0 Å². The van der Waals surface area contributed by atoms with Crippen molar-refractivity contribution in [3.63, 3.8) is 0 Å². The normalized spacial score (nSPS) is 12.3. The molecule has 0 radical (unpaired) electrons. The third-order valence-corrected chi connectivity index (χ3v) is 13.4. The molecule has 0 saturated heterocycles. The lowest BCUT2D eigenvalue weighted by Crippen LogP contribution is -2.01. The van der Waals surface area contributed by atoms with Gasteiger partial charge < -0.3 is 4.42 Å². The van der Waals surface area contributed by atoms with E-state index in [0.29, 0.717) is 17.5 Å². The molecule has 67 heavy (non-hydrogen) atoms. The summed E-state index contributed by atoms with van der Waals surface area (Å²) in [7, 11) is 0. The van der Waals surface area contributed by atoms with Crippen molar-refractivity contribution in [2.45, 2.75) is 12.8 Å². The first kappa shape index (κ1) is 38.7. The third-order valence-electron chi connectivity index (χ3n) is 13.4. The number of aryl methyl sites for hydroxylation is 1. The van der Waals surface area contributed by atoms with E-state index in [1.54, 1.807) is 0 Å². The minimum atomic E-state index is 0.606. The smallest absolute Gasteiger partial charge is 0.164 e. The minimum Gasteiger partial charge on any atom is -0.456 e. The van der Waals surface area contributed by atoms with Crippen molar-refractivity contribution in [1.29, 1.82) is 0 Å². The lowest BCUT2D eigenvalue weighted by molar-refractivity contribution is 0.669. The first-order chi connectivity index (χ1) is 33.2. The number of aromatic nitrogens is 3. The predicted octanol–water partition coefficient (Wildman–Crippen LogP) is 16.7. The maximum atomic E-state index is 6.64. The maximum Gasteiger partial charge on any atom is 0.164 e. The molecule has 0 bridgehead atoms. The van der Waals surface area contributed by atoms with Gasteiger partial charge in [-0.1, -0.05) is 200 Å². The fourth-order valence-electron chi connectivity index (χ4n) is 10.2. The molecule has 0 unspecified atom stereocenters. The molecule has 4 heteroatoms. The van der Waals surface area contributed by atoms with Crippen molar-refractivity contribution < 1.29 is 4.42 Å². The van der Waals surface area contributed by atoms with Gasteiger partial charge in [-0.05, 0) is 114 Å². The van der Waals surface area contributed by atoms with Gasteiger partial charge in [0.15, 0.2) is 17.5 Å². The summed E-state index contributed by atoms with van der Waals surface area (Å²) >= 11 is 0. The van der Waals surface area contributed by atoms with Crippen LogP contribution in [0.25, 0.3) is 128 Å². The molecule has 0 atom stereocenters. The highest BCUT2D eigenvalue weighted by Gasteiger charge is 2.20. The highest BCUT2D eigenvalue weighted by molar-refractivity contribution is 6.15. The number of rotatable bonds is 7. The fraction of sp³-hybridized carbons (Fsp3) is 0.0317. The topological polar surface area (TPSA) is 51.8 Å². The Morgan fingerprint density at radius 1 is 0.328 bits per heavy atom. The van der Waals surface area contributed by atoms with Crippen molar-refractivity contribution in [3.8, 4) is 78.7 Å². The number of hydrogen-bond donors (Lipinski definition) is 0. The van der Waals surface area contributed by atoms with Crippen LogP contribution in [-0.4, -0.2) is 15.0 Å². The summed E-state index contributed by atoms with van der Waals surface area (Å²) in [4.78, 5) is 15.2. The summed E-state index contributed by atoms with van der Waals surface area (Å²) in [5.74, 6) is 1.86. The number of furan rings is 1. The number of para-hydroxylation sites is 1. The summed E-state index contributed by atoms with van der Waals surface area (Å²) in [6.45, 7) is 0. The van der Waals surface area contributed by atoms with Crippen LogP contribution >= 0.6 is 0 Å². The Balaban J connectivity index is 0.882. The molecule has 0 saturated carbocycles. The van der Waals surface area contributed by atoms with Crippen LogP contribution in [0.15, 0.2) is 223 Å². The van der Waals surface area contributed by atoms with E-state index in [1.165, 1.54) is 49.4 Å². The van der Waals surface area contributed by atoms with E-state index in [1.807, 2.05) is 78.9 Å². The Kier molecular flexibility index (Phi) is 9.28. The van der Waals surface area contributed by atoms with Crippen LogP contribution in [0.1, 0.15) is 17.5 Å². The number of allylic oxidation sites excluding steroid dienone is 1. The molecule has 2 aromatic heterocycles. The second kappa shape index (κ2) is 16.1. The fourth-order valence-corrected chi connectivity index (χ4v) is 10.2. The number of nitrogens with zero attached hydrogens (tertiary/aromatic N) is 3. The summed E-state index contributed by atoms with van der Waals surface area (Å²) in [5, 5.41) is 7.52. The molecule has 314 valence electrons. The predicted molar refractivity (Wildman–Crippen MR) is 278 cm³/mol. The lowest BCUT2D eigenvalue weighted by Gasteiger charge is -2.18. The van der Waals surface area contributed by atoms with Crippen LogP contribution in [0.3, 0.4) is 0 Å². The molecule has 0 aliphatic heterocycles. The zero-order chi connectivity index (χ0) is 44.3. The molecular weight excluding hydrogens is 815 g/mol. The van der Waals surface area contributed by atoms with Gasteiger partial charge in [0.1, 0.15) is 11.2 Å². The Morgan fingerprint density at radius 3 is 1.58 bits per heavy atom. The zero-order valence-corrected chi connectivity index (χ0v) is 36.5. The Morgan fingerprint density at radius 2 is 0.881 bits per heavy atom. The van der Waals surface area contributed by atoms with Crippen LogP contribution < -0.4 is 0 Å². The van der Waals surface area contributed by atoms with Crippen molar-refractivity contribution in [2.24, 2.45) is 0 Å². The lowest BCUT2D eigenvalue weighted by atomic mass is 9.86. The number of fused-ring (bicyclic) bond motifs is 9. The average molecular weight is 856 g/mol. The molecule has 0 spiro atoms. The second-order valence-corrected chi connectivity index (χ2v) is 17.4. The van der Waals surface area contributed by atoms with Gasteiger partial charge in [-0.25, -0.2) is 15.0 Å². The van der Waals surface area contributed by atoms with Crippen molar-refractivity contribution in [1.82, 2.24) is 15.0 Å². The van der Waals surface area contributed by atoms with E-state index < -0.39 is 0 Å². The Labute approximate surface area is 388 Å². The molecule has 4 nitrogen and oxygen atoms in total. The molecule has 0 N–H and O–H groups in total. The van der Waals surface area contributed by atoms with Gasteiger partial charge in [-0.2, -0.15) is 0 Å². The molecule has 1 aliphatic carbocycles. The minimum absolute atomic E-state index is 0.606. The van der Waals surface area contributed by atoms with E-state index in [-0.39, 0.29) is 0 Å². The largest absolute Gasteiger partial charge is 0.456 e. The van der Waals surface area contributed by atoms with Crippen LogP contribution in [0.4, 0.5) is 0 Å². The average Bonchev–Trinajstić information content (AvgIpc) is 3.80. The first-order valence-electron chi connectivity index (χ1n) is 23.0. The molecule has 0 amide bonds. The summed E-state index contributed by atoms with van der Waals surface area (Å²) in [6.07, 6.45) is 6.83. The Bertz CT molecular complexity index is 3830. The molecule has 0 fully saturated rings. The SMILES string of the molecule is C1=Cc2c(c3ccccc3c3cc(-c4ccc(-c5ccc(-c6cc(-c7ccccc7-c7nc(-c8ccccc8)nc(-c8ccccc8)n7)cc7oc8ccccc8c67)cc5)cc4)ccc23)CC1. The molecule has 13 rings (SSSR count). The van der Waals surface area contributed by atoms with Gasteiger partial charge in [-0.15, -0.1) is 0 Å². The molecule has 10 aromatic carbocycles. The second-order valence-electron chi connectivity index (χ2n) is 17.4. The Hall–Kier alpha value is -8.73. The van der Waals surface area contributed by atoms with Crippen molar-refractivity contribution in [3.05, 3.63) is 230 Å². The maximum absolute atomic E-state index is 6.64. The summed E-state index contributed by atoms with van der Waals surface area (Å²) < 4.78 is 6.64. The van der Waals surface area contributed by atoms with Crippen molar-refractivity contribution in [2.75, 3.05) is 0 Å². The number of benzene rings is 10. The molecule has 2 heterocycles. The van der Waals surface area contributed by atoms with E-state index >= 15 is 0 Å². The van der Waals surface area contributed by atoms with Crippen molar-refractivity contribution >= 4 is 49.6 Å². The van der Waals surface area contributed by atoms with E-state index in [2.05, 4.69) is 146 Å².